The van der Waals surface area contributed by atoms with Gasteiger partial charge in [0.1, 0.15) is 5.82 Å². The van der Waals surface area contributed by atoms with E-state index in [4.69, 9.17) is 0 Å². The molecule has 0 aliphatic heterocycles. The lowest BCUT2D eigenvalue weighted by molar-refractivity contribution is -0.117. The van der Waals surface area contributed by atoms with Crippen LogP contribution in [0.15, 0.2) is 66.7 Å². The first-order valence-corrected chi connectivity index (χ1v) is 9.84. The first-order valence-electron chi connectivity index (χ1n) is 9.02. The number of hydrogen-bond donors (Lipinski definition) is 0. The Hall–Kier alpha value is -3.05. The van der Waals surface area contributed by atoms with Gasteiger partial charge in [0.25, 0.3) is 0 Å². The summed E-state index contributed by atoms with van der Waals surface area (Å²) in [5, 5.41) is 0.544. The Kier molecular flexibility index (Phi) is 4.92. The Morgan fingerprint density at radius 3 is 2.50 bits per heavy atom. The fraction of sp³-hybridized carbons (Fsp3) is 0.130. The predicted octanol–water partition coefficient (Wildman–Crippen LogP) is 5.96. The number of para-hydroxylation sites is 1. The van der Waals surface area contributed by atoms with Crippen molar-refractivity contribution in [1.82, 2.24) is 4.98 Å². The Bertz CT molecular complexity index is 1140. The molecule has 1 aromatic heterocycles. The average Bonchev–Trinajstić information content (AvgIpc) is 3.10. The zero-order valence-corrected chi connectivity index (χ0v) is 16.5. The van der Waals surface area contributed by atoms with Crippen LogP contribution in [0, 0.1) is 19.7 Å². The van der Waals surface area contributed by atoms with E-state index in [9.17, 15) is 9.18 Å². The number of carbonyl (C=O) groups is 1. The molecule has 28 heavy (non-hydrogen) atoms. The molecule has 3 nitrogen and oxygen atoms in total. The van der Waals surface area contributed by atoms with Crippen molar-refractivity contribution in [2.45, 2.75) is 20.3 Å². The quantitative estimate of drug-likeness (QED) is 0.431. The molecule has 0 fully saturated rings. The number of aromatic nitrogens is 1. The molecule has 0 spiro atoms. The standard InChI is InChI=1S/C23H19FN2OS/c1-15-7-3-4-8-17(15)13-22(27)26(18-12-11-16(2)19(24)14-18)23-25-20-9-5-6-10-21(20)28-23/h3-12,14H,13H2,1-2H3. The van der Waals surface area contributed by atoms with Gasteiger partial charge in [-0.3, -0.25) is 9.69 Å². The molecule has 1 amide bonds. The van der Waals surface area contributed by atoms with Crippen LogP contribution in [0.2, 0.25) is 0 Å². The van der Waals surface area contributed by atoms with Crippen molar-refractivity contribution in [3.8, 4) is 0 Å². The minimum absolute atomic E-state index is 0.142. The van der Waals surface area contributed by atoms with Crippen LogP contribution in [-0.4, -0.2) is 10.9 Å². The highest BCUT2D eigenvalue weighted by atomic mass is 32.1. The summed E-state index contributed by atoms with van der Waals surface area (Å²) < 4.78 is 15.2. The number of carbonyl (C=O) groups excluding carboxylic acids is 1. The summed E-state index contributed by atoms with van der Waals surface area (Å²) in [6, 6.07) is 20.4. The van der Waals surface area contributed by atoms with E-state index in [-0.39, 0.29) is 18.1 Å². The molecule has 5 heteroatoms. The van der Waals surface area contributed by atoms with Gasteiger partial charge in [-0.15, -0.1) is 0 Å². The highest BCUT2D eigenvalue weighted by molar-refractivity contribution is 7.22. The van der Waals surface area contributed by atoms with Gasteiger partial charge in [-0.05, 0) is 54.8 Å². The lowest BCUT2D eigenvalue weighted by Gasteiger charge is -2.21. The molecule has 0 bridgehead atoms. The number of nitrogens with zero attached hydrogens (tertiary/aromatic N) is 2. The summed E-state index contributed by atoms with van der Waals surface area (Å²) in [6.45, 7) is 3.69. The largest absolute Gasteiger partial charge is 0.274 e. The third kappa shape index (κ3) is 3.53. The third-order valence-electron chi connectivity index (χ3n) is 4.74. The fourth-order valence-corrected chi connectivity index (χ4v) is 4.09. The van der Waals surface area contributed by atoms with E-state index in [1.54, 1.807) is 19.1 Å². The maximum absolute atomic E-state index is 14.3. The maximum atomic E-state index is 14.3. The molecule has 0 atom stereocenters. The topological polar surface area (TPSA) is 33.2 Å². The summed E-state index contributed by atoms with van der Waals surface area (Å²) in [4.78, 5) is 19.5. The SMILES string of the molecule is Cc1ccc(N(C(=O)Cc2ccccc2C)c2nc3ccccc3s2)cc1F. The smallest absolute Gasteiger partial charge is 0.237 e. The molecule has 0 aliphatic rings. The van der Waals surface area contributed by atoms with Gasteiger partial charge in [-0.2, -0.15) is 0 Å². The van der Waals surface area contributed by atoms with Crippen LogP contribution < -0.4 is 4.90 Å². The lowest BCUT2D eigenvalue weighted by atomic mass is 10.1. The van der Waals surface area contributed by atoms with Crippen LogP contribution in [0.5, 0.6) is 0 Å². The van der Waals surface area contributed by atoms with Gasteiger partial charge >= 0.3 is 0 Å². The van der Waals surface area contributed by atoms with Gasteiger partial charge in [0.05, 0.1) is 22.3 Å². The van der Waals surface area contributed by atoms with Gasteiger partial charge in [0, 0.05) is 0 Å². The molecule has 4 aromatic rings. The van der Waals surface area contributed by atoms with Crippen molar-refractivity contribution in [2.24, 2.45) is 0 Å². The number of anilines is 2. The number of fused-ring (bicyclic) bond motifs is 1. The van der Waals surface area contributed by atoms with Crippen LogP contribution in [0.1, 0.15) is 16.7 Å². The molecule has 4 rings (SSSR count). The minimum atomic E-state index is -0.340. The Balaban J connectivity index is 1.79. The number of hydrogen-bond acceptors (Lipinski definition) is 3. The van der Waals surface area contributed by atoms with Gasteiger partial charge < -0.3 is 0 Å². The lowest BCUT2D eigenvalue weighted by Crippen LogP contribution is -2.27. The van der Waals surface area contributed by atoms with E-state index >= 15 is 0 Å². The van der Waals surface area contributed by atoms with Gasteiger partial charge in [0.15, 0.2) is 5.13 Å². The van der Waals surface area contributed by atoms with Crippen LogP contribution in [0.4, 0.5) is 15.2 Å². The number of aryl methyl sites for hydroxylation is 2. The number of thiazole rings is 1. The number of amides is 1. The molecule has 0 aliphatic carbocycles. The summed E-state index contributed by atoms with van der Waals surface area (Å²) in [5.41, 5.74) is 3.85. The summed E-state index contributed by atoms with van der Waals surface area (Å²) in [7, 11) is 0. The highest BCUT2D eigenvalue weighted by Crippen LogP contribution is 2.34. The van der Waals surface area contributed by atoms with Crippen LogP contribution in [0.3, 0.4) is 0 Å². The van der Waals surface area contributed by atoms with Crippen molar-refractivity contribution >= 4 is 38.3 Å². The van der Waals surface area contributed by atoms with Crippen LogP contribution in [0.25, 0.3) is 10.2 Å². The Morgan fingerprint density at radius 2 is 1.75 bits per heavy atom. The van der Waals surface area contributed by atoms with Crippen LogP contribution in [-0.2, 0) is 11.2 Å². The summed E-state index contributed by atoms with van der Waals surface area (Å²) >= 11 is 1.42. The molecular weight excluding hydrogens is 371 g/mol. The summed E-state index contributed by atoms with van der Waals surface area (Å²) in [5.74, 6) is -0.482. The second-order valence-electron chi connectivity index (χ2n) is 6.73. The summed E-state index contributed by atoms with van der Waals surface area (Å²) in [6.07, 6.45) is 0.220. The molecule has 0 saturated carbocycles. The molecular formula is C23H19FN2OS. The Morgan fingerprint density at radius 1 is 1.00 bits per heavy atom. The predicted molar refractivity (Wildman–Crippen MR) is 113 cm³/mol. The molecule has 1 heterocycles. The van der Waals surface area contributed by atoms with Crippen molar-refractivity contribution in [3.63, 3.8) is 0 Å². The average molecular weight is 390 g/mol. The van der Waals surface area contributed by atoms with E-state index in [0.717, 1.165) is 21.3 Å². The molecule has 0 radical (unpaired) electrons. The monoisotopic (exact) mass is 390 g/mol. The van der Waals surface area contributed by atoms with E-state index in [1.165, 1.54) is 22.3 Å². The zero-order valence-electron chi connectivity index (χ0n) is 15.6. The third-order valence-corrected chi connectivity index (χ3v) is 5.76. The second kappa shape index (κ2) is 7.52. The minimum Gasteiger partial charge on any atom is -0.274 e. The molecule has 140 valence electrons. The number of rotatable bonds is 4. The molecule has 0 unspecified atom stereocenters. The second-order valence-corrected chi connectivity index (χ2v) is 7.74. The molecule has 3 aromatic carbocycles. The van der Waals surface area contributed by atoms with Crippen molar-refractivity contribution in [3.05, 3.63) is 89.2 Å². The highest BCUT2D eigenvalue weighted by Gasteiger charge is 2.23. The normalized spacial score (nSPS) is 11.0. The van der Waals surface area contributed by atoms with Crippen molar-refractivity contribution < 1.29 is 9.18 Å². The van der Waals surface area contributed by atoms with Gasteiger partial charge in [-0.1, -0.05) is 53.8 Å². The number of benzene rings is 3. The van der Waals surface area contributed by atoms with Gasteiger partial charge in [-0.25, -0.2) is 9.37 Å². The zero-order chi connectivity index (χ0) is 19.7. The first kappa shape index (κ1) is 18.3. The first-order chi connectivity index (χ1) is 13.5. The maximum Gasteiger partial charge on any atom is 0.237 e. The van der Waals surface area contributed by atoms with E-state index in [1.807, 2.05) is 55.5 Å². The fourth-order valence-electron chi connectivity index (χ4n) is 3.09. The van der Waals surface area contributed by atoms with Crippen molar-refractivity contribution in [1.29, 1.82) is 0 Å². The van der Waals surface area contributed by atoms with E-state index < -0.39 is 0 Å². The molecule has 0 N–H and O–H groups in total. The van der Waals surface area contributed by atoms with E-state index in [2.05, 4.69) is 4.98 Å². The van der Waals surface area contributed by atoms with Crippen LogP contribution >= 0.6 is 11.3 Å². The van der Waals surface area contributed by atoms with Gasteiger partial charge in [0.2, 0.25) is 5.91 Å². The Labute approximate surface area is 167 Å². The van der Waals surface area contributed by atoms with E-state index in [0.29, 0.717) is 16.4 Å². The number of halogens is 1. The molecule has 0 saturated heterocycles. The van der Waals surface area contributed by atoms with Crippen molar-refractivity contribution in [2.75, 3.05) is 4.90 Å².